The molecule has 19 heavy (non-hydrogen) atoms. The number of methoxy groups -OCH3 is 1. The average Bonchev–Trinajstić information content (AvgIpc) is 2.35. The van der Waals surface area contributed by atoms with E-state index in [9.17, 15) is 9.59 Å². The van der Waals surface area contributed by atoms with Crippen molar-refractivity contribution >= 4 is 12.1 Å². The number of esters is 1. The van der Waals surface area contributed by atoms with E-state index in [4.69, 9.17) is 9.47 Å². The number of likely N-dealkylation sites (tertiary alicyclic amines) is 1. The van der Waals surface area contributed by atoms with Gasteiger partial charge in [0.1, 0.15) is 5.60 Å². The third-order valence-corrected chi connectivity index (χ3v) is 3.05. The van der Waals surface area contributed by atoms with Gasteiger partial charge in [-0.1, -0.05) is 0 Å². The second kappa shape index (κ2) is 6.23. The van der Waals surface area contributed by atoms with Gasteiger partial charge in [0.2, 0.25) is 0 Å². The van der Waals surface area contributed by atoms with Gasteiger partial charge in [0.25, 0.3) is 0 Å². The number of ether oxygens (including phenoxy) is 2. The summed E-state index contributed by atoms with van der Waals surface area (Å²) in [6, 6.07) is 0.0744. The average molecular weight is 272 g/mol. The van der Waals surface area contributed by atoms with Crippen molar-refractivity contribution in [3.63, 3.8) is 0 Å². The Kier molecular flexibility index (Phi) is 5.17. The van der Waals surface area contributed by atoms with E-state index in [-0.39, 0.29) is 24.0 Å². The standard InChI is InChI=1S/C13H24N2O4/c1-13(2,3)19-12(17)15-7-9(11(16)18-5)6-10(8-15)14-4/h9-10,14H,6-8H2,1-5H3. The largest absolute Gasteiger partial charge is 0.469 e. The van der Waals surface area contributed by atoms with Crippen LogP contribution in [0.3, 0.4) is 0 Å². The molecule has 0 aromatic heterocycles. The summed E-state index contributed by atoms with van der Waals surface area (Å²) >= 11 is 0. The van der Waals surface area contributed by atoms with Crippen LogP contribution >= 0.6 is 0 Å². The van der Waals surface area contributed by atoms with E-state index in [1.165, 1.54) is 7.11 Å². The van der Waals surface area contributed by atoms with Gasteiger partial charge in [-0.15, -0.1) is 0 Å². The summed E-state index contributed by atoms with van der Waals surface area (Å²) < 4.78 is 10.1. The first-order valence-corrected chi connectivity index (χ1v) is 6.50. The highest BCUT2D eigenvalue weighted by Crippen LogP contribution is 2.20. The number of carbonyl (C=O) groups excluding carboxylic acids is 2. The molecule has 0 aromatic rings. The molecule has 0 saturated carbocycles. The van der Waals surface area contributed by atoms with Crippen molar-refractivity contribution in [1.82, 2.24) is 10.2 Å². The van der Waals surface area contributed by atoms with Crippen molar-refractivity contribution in [3.8, 4) is 0 Å². The monoisotopic (exact) mass is 272 g/mol. The maximum atomic E-state index is 12.1. The molecule has 0 radical (unpaired) electrons. The summed E-state index contributed by atoms with van der Waals surface area (Å²) in [5.41, 5.74) is -0.537. The Balaban J connectivity index is 2.71. The molecule has 0 aromatic carbocycles. The lowest BCUT2D eigenvalue weighted by molar-refractivity contribution is -0.147. The first-order valence-electron chi connectivity index (χ1n) is 6.50. The minimum Gasteiger partial charge on any atom is -0.469 e. The molecule has 0 bridgehead atoms. The van der Waals surface area contributed by atoms with Gasteiger partial charge in [0.05, 0.1) is 13.0 Å². The zero-order chi connectivity index (χ0) is 14.6. The van der Waals surface area contributed by atoms with Crippen molar-refractivity contribution < 1.29 is 19.1 Å². The van der Waals surface area contributed by atoms with Crippen LogP contribution in [0.15, 0.2) is 0 Å². The third-order valence-electron chi connectivity index (χ3n) is 3.05. The van der Waals surface area contributed by atoms with Crippen LogP contribution in [-0.2, 0) is 14.3 Å². The highest BCUT2D eigenvalue weighted by molar-refractivity contribution is 5.75. The van der Waals surface area contributed by atoms with Gasteiger partial charge in [-0.25, -0.2) is 4.79 Å². The molecule has 1 aliphatic heterocycles. The van der Waals surface area contributed by atoms with Gasteiger partial charge >= 0.3 is 12.1 Å². The number of hydrogen-bond acceptors (Lipinski definition) is 5. The van der Waals surface area contributed by atoms with E-state index in [2.05, 4.69) is 5.32 Å². The Hall–Kier alpha value is -1.30. The maximum Gasteiger partial charge on any atom is 0.410 e. The van der Waals surface area contributed by atoms with Crippen LogP contribution < -0.4 is 5.32 Å². The molecular weight excluding hydrogens is 248 g/mol. The SMILES string of the molecule is CNC1CC(C(=O)OC)CN(C(=O)OC(C)(C)C)C1. The second-order valence-corrected chi connectivity index (χ2v) is 5.83. The third kappa shape index (κ3) is 4.70. The first-order chi connectivity index (χ1) is 8.76. The Morgan fingerprint density at radius 2 is 1.89 bits per heavy atom. The summed E-state index contributed by atoms with van der Waals surface area (Å²) in [6.45, 7) is 6.35. The fraction of sp³-hybridized carbons (Fsp3) is 0.846. The van der Waals surface area contributed by atoms with Gasteiger partial charge in [0.15, 0.2) is 0 Å². The zero-order valence-electron chi connectivity index (χ0n) is 12.4. The number of amides is 1. The molecule has 0 spiro atoms. The van der Waals surface area contributed by atoms with E-state index in [1.807, 2.05) is 27.8 Å². The Morgan fingerprint density at radius 3 is 2.37 bits per heavy atom. The van der Waals surface area contributed by atoms with Crippen LogP contribution in [0.5, 0.6) is 0 Å². The Labute approximate surface area is 114 Å². The molecule has 2 unspecified atom stereocenters. The van der Waals surface area contributed by atoms with Crippen LogP contribution in [0.1, 0.15) is 27.2 Å². The highest BCUT2D eigenvalue weighted by atomic mass is 16.6. The minimum absolute atomic E-state index is 0.0744. The van der Waals surface area contributed by atoms with Crippen LogP contribution in [0, 0.1) is 5.92 Å². The molecule has 1 amide bonds. The molecule has 0 aliphatic carbocycles. The van der Waals surface area contributed by atoms with Gasteiger partial charge < -0.3 is 19.7 Å². The Bertz CT molecular complexity index is 338. The number of nitrogens with one attached hydrogen (secondary N) is 1. The summed E-state index contributed by atoms with van der Waals surface area (Å²) in [4.78, 5) is 25.3. The smallest absolute Gasteiger partial charge is 0.410 e. The lowest BCUT2D eigenvalue weighted by Gasteiger charge is -2.37. The maximum absolute atomic E-state index is 12.1. The molecule has 1 N–H and O–H groups in total. The zero-order valence-corrected chi connectivity index (χ0v) is 12.4. The van der Waals surface area contributed by atoms with Crippen LogP contribution in [0.2, 0.25) is 0 Å². The molecule has 1 saturated heterocycles. The summed E-state index contributed by atoms with van der Waals surface area (Å²) in [5, 5.41) is 3.10. The van der Waals surface area contributed by atoms with Gasteiger partial charge in [0, 0.05) is 19.1 Å². The topological polar surface area (TPSA) is 67.9 Å². The van der Waals surface area contributed by atoms with Gasteiger partial charge in [-0.2, -0.15) is 0 Å². The highest BCUT2D eigenvalue weighted by Gasteiger charge is 2.35. The van der Waals surface area contributed by atoms with Crippen LogP contribution in [0.4, 0.5) is 4.79 Å². The van der Waals surface area contributed by atoms with Crippen molar-refractivity contribution in [2.24, 2.45) is 5.92 Å². The number of piperidine rings is 1. The number of nitrogens with zero attached hydrogens (tertiary/aromatic N) is 1. The Morgan fingerprint density at radius 1 is 1.26 bits per heavy atom. The number of carbonyl (C=O) groups is 2. The van der Waals surface area contributed by atoms with Crippen LogP contribution in [0.25, 0.3) is 0 Å². The predicted molar refractivity (Wildman–Crippen MR) is 70.8 cm³/mol. The van der Waals surface area contributed by atoms with E-state index in [1.54, 1.807) is 4.90 Å². The van der Waals surface area contributed by atoms with E-state index in [0.29, 0.717) is 19.5 Å². The normalized spacial score (nSPS) is 23.9. The fourth-order valence-electron chi connectivity index (χ4n) is 2.12. The van der Waals surface area contributed by atoms with E-state index >= 15 is 0 Å². The predicted octanol–water partition coefficient (Wildman–Crippen LogP) is 1.00. The van der Waals surface area contributed by atoms with Gasteiger partial charge in [-0.05, 0) is 34.2 Å². The van der Waals surface area contributed by atoms with Gasteiger partial charge in [-0.3, -0.25) is 4.79 Å². The minimum atomic E-state index is -0.537. The van der Waals surface area contributed by atoms with E-state index in [0.717, 1.165) is 0 Å². The molecule has 1 heterocycles. The number of likely N-dealkylation sites (N-methyl/N-ethyl adjacent to an activating group) is 1. The quantitative estimate of drug-likeness (QED) is 0.760. The first kappa shape index (κ1) is 15.8. The molecule has 6 nitrogen and oxygen atoms in total. The molecule has 1 aliphatic rings. The number of hydrogen-bond donors (Lipinski definition) is 1. The molecule has 2 atom stereocenters. The second-order valence-electron chi connectivity index (χ2n) is 5.83. The van der Waals surface area contributed by atoms with Crippen molar-refractivity contribution in [1.29, 1.82) is 0 Å². The number of rotatable bonds is 2. The lowest BCUT2D eigenvalue weighted by atomic mass is 9.94. The molecule has 6 heteroatoms. The molecule has 1 fully saturated rings. The van der Waals surface area contributed by atoms with Crippen molar-refractivity contribution in [3.05, 3.63) is 0 Å². The lowest BCUT2D eigenvalue weighted by Crippen LogP contribution is -2.53. The van der Waals surface area contributed by atoms with Crippen molar-refractivity contribution in [2.75, 3.05) is 27.2 Å². The summed E-state index contributed by atoms with van der Waals surface area (Å²) in [7, 11) is 3.18. The van der Waals surface area contributed by atoms with Crippen LogP contribution in [-0.4, -0.2) is 55.9 Å². The molecule has 1 rings (SSSR count). The fourth-order valence-corrected chi connectivity index (χ4v) is 2.12. The van der Waals surface area contributed by atoms with Crippen molar-refractivity contribution in [2.45, 2.75) is 38.8 Å². The summed E-state index contributed by atoms with van der Waals surface area (Å²) in [6.07, 6.45) is 0.281. The molecule has 110 valence electrons. The van der Waals surface area contributed by atoms with E-state index < -0.39 is 5.60 Å². The summed E-state index contributed by atoms with van der Waals surface area (Å²) in [5.74, 6) is -0.586. The molecular formula is C13H24N2O4.